The summed E-state index contributed by atoms with van der Waals surface area (Å²) in [7, 11) is 0. The second-order valence-corrected chi connectivity index (χ2v) is 6.63. The van der Waals surface area contributed by atoms with E-state index in [2.05, 4.69) is 22.6 Å². The highest BCUT2D eigenvalue weighted by Crippen LogP contribution is 2.47. The molecule has 1 aliphatic rings. The molecule has 2 unspecified atom stereocenters. The zero-order valence-corrected chi connectivity index (χ0v) is 13.0. The largest absolute Gasteiger partial charge is 0.381 e. The quantitative estimate of drug-likeness (QED) is 0.704. The van der Waals surface area contributed by atoms with Gasteiger partial charge in [-0.05, 0) is 70.8 Å². The van der Waals surface area contributed by atoms with E-state index in [1.807, 2.05) is 42.5 Å². The van der Waals surface area contributed by atoms with E-state index in [0.717, 1.165) is 25.8 Å². The third-order valence-corrected chi connectivity index (χ3v) is 4.68. The molecule has 3 heteroatoms. The predicted molar refractivity (Wildman–Crippen MR) is 82.9 cm³/mol. The Balaban J connectivity index is 2.40. The third kappa shape index (κ3) is 1.75. The third-order valence-electron chi connectivity index (χ3n) is 4.01. The van der Waals surface area contributed by atoms with Gasteiger partial charge in [0.1, 0.15) is 11.2 Å². The molecule has 0 heterocycles. The molecular weight excluding hydrogens is 351 g/mol. The average Bonchev–Trinajstić information content (AvgIpc) is 2.37. The monoisotopic (exact) mass is 366 g/mol. The molecule has 1 aliphatic carbocycles. The molecule has 2 atom stereocenters. The molecule has 2 aromatic carbocycles. The predicted octanol–water partition coefficient (Wildman–Crippen LogP) is 3.12. The molecule has 0 saturated carbocycles. The fraction of sp³-hybridized carbons (Fsp3) is 0.250. The van der Waals surface area contributed by atoms with Gasteiger partial charge in [-0.3, -0.25) is 0 Å². The SMILES string of the molecule is CC1(O)c2ccccc2C(C)(O)c2cc(I)ccc21. The summed E-state index contributed by atoms with van der Waals surface area (Å²) in [4.78, 5) is 0. The summed E-state index contributed by atoms with van der Waals surface area (Å²) in [6.45, 7) is 3.57. The van der Waals surface area contributed by atoms with Crippen molar-refractivity contribution in [3.05, 3.63) is 68.3 Å². The average molecular weight is 366 g/mol. The fourth-order valence-corrected chi connectivity index (χ4v) is 3.46. The summed E-state index contributed by atoms with van der Waals surface area (Å²) in [5.74, 6) is 0. The van der Waals surface area contributed by atoms with Gasteiger partial charge < -0.3 is 10.2 Å². The van der Waals surface area contributed by atoms with Crippen LogP contribution in [0.4, 0.5) is 0 Å². The Hall–Kier alpha value is -0.910. The van der Waals surface area contributed by atoms with Crippen molar-refractivity contribution in [1.29, 1.82) is 0 Å². The van der Waals surface area contributed by atoms with E-state index >= 15 is 0 Å². The Labute approximate surface area is 126 Å². The molecule has 3 rings (SSSR count). The van der Waals surface area contributed by atoms with E-state index in [0.29, 0.717) is 0 Å². The Kier molecular flexibility index (Phi) is 2.78. The van der Waals surface area contributed by atoms with Gasteiger partial charge in [-0.1, -0.05) is 30.3 Å². The van der Waals surface area contributed by atoms with Gasteiger partial charge in [-0.15, -0.1) is 0 Å². The van der Waals surface area contributed by atoms with Crippen LogP contribution in [-0.2, 0) is 11.2 Å². The molecule has 0 aromatic heterocycles. The molecule has 0 radical (unpaired) electrons. The molecule has 0 spiro atoms. The van der Waals surface area contributed by atoms with E-state index in [-0.39, 0.29) is 0 Å². The van der Waals surface area contributed by atoms with Crippen LogP contribution in [0, 0.1) is 3.57 Å². The van der Waals surface area contributed by atoms with E-state index in [1.54, 1.807) is 13.8 Å². The van der Waals surface area contributed by atoms with Gasteiger partial charge in [-0.2, -0.15) is 0 Å². The molecule has 0 fully saturated rings. The highest BCUT2D eigenvalue weighted by molar-refractivity contribution is 14.1. The smallest absolute Gasteiger partial charge is 0.113 e. The lowest BCUT2D eigenvalue weighted by Crippen LogP contribution is -2.39. The zero-order chi connectivity index (χ0) is 13.8. The zero-order valence-electron chi connectivity index (χ0n) is 10.8. The molecule has 2 aromatic rings. The number of rotatable bonds is 0. The molecule has 0 saturated heterocycles. The maximum atomic E-state index is 10.9. The van der Waals surface area contributed by atoms with Crippen LogP contribution >= 0.6 is 22.6 Å². The Morgan fingerprint density at radius 2 is 1.26 bits per heavy atom. The van der Waals surface area contributed by atoms with Crippen LogP contribution in [-0.4, -0.2) is 10.2 Å². The lowest BCUT2D eigenvalue weighted by molar-refractivity contribution is 0.0508. The lowest BCUT2D eigenvalue weighted by atomic mass is 9.69. The van der Waals surface area contributed by atoms with Crippen LogP contribution in [0.2, 0.25) is 0 Å². The van der Waals surface area contributed by atoms with Crippen LogP contribution in [0.15, 0.2) is 42.5 Å². The minimum absolute atomic E-state index is 0.772. The van der Waals surface area contributed by atoms with Crippen molar-refractivity contribution in [2.75, 3.05) is 0 Å². The van der Waals surface area contributed by atoms with Crippen molar-refractivity contribution >= 4 is 22.6 Å². The van der Waals surface area contributed by atoms with E-state index in [9.17, 15) is 10.2 Å². The number of hydrogen-bond donors (Lipinski definition) is 2. The van der Waals surface area contributed by atoms with Crippen molar-refractivity contribution < 1.29 is 10.2 Å². The van der Waals surface area contributed by atoms with Crippen molar-refractivity contribution in [1.82, 2.24) is 0 Å². The fourth-order valence-electron chi connectivity index (χ4n) is 2.97. The highest BCUT2D eigenvalue weighted by atomic mass is 127. The Bertz CT molecular complexity index is 660. The molecule has 0 amide bonds. The standard InChI is InChI=1S/C16H15IO2/c1-15(18)11-5-3-4-6-12(11)16(2,19)14-9-10(17)7-8-13(14)15/h3-9,18-19H,1-2H3. The molecule has 19 heavy (non-hydrogen) atoms. The van der Waals surface area contributed by atoms with Crippen LogP contribution in [0.3, 0.4) is 0 Å². The number of hydrogen-bond acceptors (Lipinski definition) is 2. The molecule has 2 nitrogen and oxygen atoms in total. The van der Waals surface area contributed by atoms with Gasteiger partial charge in [0.2, 0.25) is 0 Å². The number of benzene rings is 2. The van der Waals surface area contributed by atoms with Gasteiger partial charge in [-0.25, -0.2) is 0 Å². The number of fused-ring (bicyclic) bond motifs is 2. The van der Waals surface area contributed by atoms with Crippen molar-refractivity contribution in [3.63, 3.8) is 0 Å². The molecule has 0 bridgehead atoms. The second kappa shape index (κ2) is 4.04. The van der Waals surface area contributed by atoms with Gasteiger partial charge in [0.15, 0.2) is 0 Å². The van der Waals surface area contributed by atoms with Crippen molar-refractivity contribution in [2.24, 2.45) is 0 Å². The summed E-state index contributed by atoms with van der Waals surface area (Å²) in [6, 6.07) is 13.3. The van der Waals surface area contributed by atoms with Gasteiger partial charge in [0.25, 0.3) is 0 Å². The topological polar surface area (TPSA) is 40.5 Å². The van der Waals surface area contributed by atoms with Gasteiger partial charge in [0.05, 0.1) is 0 Å². The van der Waals surface area contributed by atoms with Crippen molar-refractivity contribution in [2.45, 2.75) is 25.0 Å². The van der Waals surface area contributed by atoms with Gasteiger partial charge in [0, 0.05) is 3.57 Å². The van der Waals surface area contributed by atoms with Crippen LogP contribution < -0.4 is 0 Å². The summed E-state index contributed by atoms with van der Waals surface area (Å²) >= 11 is 2.22. The number of aliphatic hydroxyl groups is 2. The lowest BCUT2D eigenvalue weighted by Gasteiger charge is -2.41. The van der Waals surface area contributed by atoms with Gasteiger partial charge >= 0.3 is 0 Å². The first-order valence-corrected chi connectivity index (χ1v) is 7.28. The highest BCUT2D eigenvalue weighted by Gasteiger charge is 2.44. The van der Waals surface area contributed by atoms with Crippen LogP contribution in [0.5, 0.6) is 0 Å². The first-order valence-electron chi connectivity index (χ1n) is 6.20. The first kappa shape index (κ1) is 13.1. The van der Waals surface area contributed by atoms with E-state index < -0.39 is 11.2 Å². The Morgan fingerprint density at radius 1 is 0.789 bits per heavy atom. The second-order valence-electron chi connectivity index (χ2n) is 5.38. The van der Waals surface area contributed by atoms with E-state index in [1.165, 1.54) is 0 Å². The Morgan fingerprint density at radius 3 is 1.84 bits per heavy atom. The maximum absolute atomic E-state index is 10.9. The molecule has 98 valence electrons. The maximum Gasteiger partial charge on any atom is 0.113 e. The van der Waals surface area contributed by atoms with Crippen LogP contribution in [0.1, 0.15) is 36.1 Å². The normalized spacial score (nSPS) is 28.7. The molecule has 0 aliphatic heterocycles. The minimum atomic E-state index is -1.07. The summed E-state index contributed by atoms with van der Waals surface area (Å²) in [6.07, 6.45) is 0. The van der Waals surface area contributed by atoms with Crippen LogP contribution in [0.25, 0.3) is 0 Å². The molecular formula is C16H15IO2. The summed E-state index contributed by atoms with van der Waals surface area (Å²) in [5, 5.41) is 21.8. The molecule has 2 N–H and O–H groups in total. The first-order chi connectivity index (χ1) is 8.85. The number of halogens is 1. The summed E-state index contributed by atoms with van der Waals surface area (Å²) in [5.41, 5.74) is 0.955. The van der Waals surface area contributed by atoms with Crippen molar-refractivity contribution in [3.8, 4) is 0 Å². The minimum Gasteiger partial charge on any atom is -0.381 e. The van der Waals surface area contributed by atoms with E-state index in [4.69, 9.17) is 0 Å². The summed E-state index contributed by atoms with van der Waals surface area (Å²) < 4.78 is 1.05.